The Morgan fingerprint density at radius 3 is 1.43 bits per heavy atom. The molecule has 0 radical (unpaired) electrons. The van der Waals surface area contributed by atoms with Gasteiger partial charge in [-0.15, -0.1) is 0 Å². The number of ether oxygens (including phenoxy) is 3. The van der Waals surface area contributed by atoms with Gasteiger partial charge in [0.1, 0.15) is 51.7 Å². The van der Waals surface area contributed by atoms with E-state index in [0.717, 1.165) is 12.1 Å². The Bertz CT molecular complexity index is 1460. The second-order valence-corrected chi connectivity index (χ2v) is 8.92. The third kappa shape index (κ3) is 6.23. The molecular weight excluding hydrogens is 526 g/mol. The van der Waals surface area contributed by atoms with Crippen molar-refractivity contribution in [2.45, 2.75) is 33.7 Å². The number of phenols is 3. The lowest BCUT2D eigenvalue weighted by atomic mass is 10.1. The molecule has 12 heteroatoms. The molecule has 0 fully saturated rings. The summed E-state index contributed by atoms with van der Waals surface area (Å²) < 4.78 is 15.6. The predicted molar refractivity (Wildman–Crippen MR) is 140 cm³/mol. The summed E-state index contributed by atoms with van der Waals surface area (Å²) >= 11 is 0. The van der Waals surface area contributed by atoms with E-state index in [9.17, 15) is 34.5 Å². The number of benzene rings is 3. The lowest BCUT2D eigenvalue weighted by Crippen LogP contribution is -2.38. The topological polar surface area (TPSA) is 189 Å². The molecule has 0 aliphatic carbocycles. The van der Waals surface area contributed by atoms with E-state index in [1.807, 2.05) is 0 Å². The number of aromatic hydroxyl groups is 3. The summed E-state index contributed by atoms with van der Waals surface area (Å²) in [7, 11) is 1.41. The van der Waals surface area contributed by atoms with Crippen molar-refractivity contribution in [1.82, 2.24) is 5.32 Å². The molecule has 0 aliphatic heterocycles. The minimum atomic E-state index is -1.26. The van der Waals surface area contributed by atoms with E-state index < -0.39 is 41.4 Å². The Balaban J connectivity index is 1.81. The van der Waals surface area contributed by atoms with Gasteiger partial charge in [0, 0.05) is 18.2 Å². The van der Waals surface area contributed by atoms with Crippen molar-refractivity contribution in [2.24, 2.45) is 0 Å². The fourth-order valence-electron chi connectivity index (χ4n) is 3.92. The Morgan fingerprint density at radius 1 is 0.675 bits per heavy atom. The molecule has 0 saturated heterocycles. The number of aliphatic carboxylic acids is 1. The van der Waals surface area contributed by atoms with Crippen molar-refractivity contribution in [1.29, 1.82) is 0 Å². The van der Waals surface area contributed by atoms with Crippen molar-refractivity contribution >= 4 is 23.8 Å². The third-order valence-corrected chi connectivity index (χ3v) is 5.87. The smallest absolute Gasteiger partial charge is 0.347 e. The van der Waals surface area contributed by atoms with Gasteiger partial charge in [0.2, 0.25) is 0 Å². The van der Waals surface area contributed by atoms with Crippen molar-refractivity contribution < 1.29 is 53.8 Å². The number of phenolic OH excluding ortho intramolecular Hbond substituents is 3. The Morgan fingerprint density at radius 2 is 1.05 bits per heavy atom. The number of amides is 1. The highest BCUT2D eigenvalue weighted by molar-refractivity contribution is 6.01. The average Bonchev–Trinajstić information content (AvgIpc) is 2.82. The number of carboxylic acids is 1. The van der Waals surface area contributed by atoms with E-state index >= 15 is 0 Å². The molecule has 0 aliphatic rings. The van der Waals surface area contributed by atoms with E-state index in [4.69, 9.17) is 19.3 Å². The van der Waals surface area contributed by atoms with Crippen LogP contribution in [0, 0.1) is 20.8 Å². The van der Waals surface area contributed by atoms with Crippen LogP contribution in [0.15, 0.2) is 36.4 Å². The van der Waals surface area contributed by atoms with Crippen LogP contribution in [0.1, 0.15) is 54.7 Å². The predicted octanol–water partition coefficient (Wildman–Crippen LogP) is 3.38. The van der Waals surface area contributed by atoms with Gasteiger partial charge in [0.25, 0.3) is 5.91 Å². The number of hydrogen-bond acceptors (Lipinski definition) is 10. The Labute approximate surface area is 228 Å². The average molecular weight is 554 g/mol. The summed E-state index contributed by atoms with van der Waals surface area (Å²) in [6.07, 6.45) is 0. The fourth-order valence-corrected chi connectivity index (χ4v) is 3.92. The van der Waals surface area contributed by atoms with E-state index in [0.29, 0.717) is 11.3 Å². The highest BCUT2D eigenvalue weighted by Crippen LogP contribution is 2.33. The second-order valence-electron chi connectivity index (χ2n) is 8.92. The SMILES string of the molecule is COc1cc(C)c(C(=O)Oc2cc(C)c(C(=O)Oc3cc(C)c(C(=O)N[C@@H](C)C(=O)O)c(O)c3)c(O)c2)c(O)c1. The van der Waals surface area contributed by atoms with Gasteiger partial charge in [-0.1, -0.05) is 0 Å². The summed E-state index contributed by atoms with van der Waals surface area (Å²) in [6.45, 7) is 5.75. The molecule has 0 saturated carbocycles. The molecule has 3 aromatic carbocycles. The summed E-state index contributed by atoms with van der Waals surface area (Å²) in [4.78, 5) is 48.9. The zero-order chi connectivity index (χ0) is 29.9. The van der Waals surface area contributed by atoms with E-state index in [2.05, 4.69) is 5.32 Å². The number of hydrogen-bond donors (Lipinski definition) is 5. The summed E-state index contributed by atoms with van der Waals surface area (Å²) in [6, 6.07) is 6.19. The normalized spacial score (nSPS) is 11.3. The molecule has 1 amide bonds. The number of nitrogens with one attached hydrogen (secondary N) is 1. The molecule has 210 valence electrons. The van der Waals surface area contributed by atoms with Crippen molar-refractivity contribution in [2.75, 3.05) is 7.11 Å². The van der Waals surface area contributed by atoms with Gasteiger partial charge in [-0.25, -0.2) is 9.59 Å². The van der Waals surface area contributed by atoms with Crippen LogP contribution in [-0.4, -0.2) is 57.4 Å². The second kappa shape index (κ2) is 11.6. The third-order valence-electron chi connectivity index (χ3n) is 5.87. The first kappa shape index (κ1) is 29.3. The Kier molecular flexibility index (Phi) is 8.53. The van der Waals surface area contributed by atoms with Gasteiger partial charge in [-0.2, -0.15) is 0 Å². The standard InChI is InChI=1S/C28H27NO11/c1-12-7-17(10-19(30)22(12)25(33)29-15(4)26(34)35)39-28(37)24-14(3)8-18(11-21(24)32)40-27(36)23-13(2)6-16(38-5)9-20(23)31/h6-11,15,30-32H,1-5H3,(H,29,33)(H,34,35)/t15-/m0/s1. The molecule has 5 N–H and O–H groups in total. The zero-order valence-corrected chi connectivity index (χ0v) is 22.2. The number of carbonyl (C=O) groups excluding carboxylic acids is 3. The number of aryl methyl sites for hydroxylation is 3. The highest BCUT2D eigenvalue weighted by Gasteiger charge is 2.24. The first-order chi connectivity index (χ1) is 18.7. The van der Waals surface area contributed by atoms with Gasteiger partial charge in [0.15, 0.2) is 0 Å². The first-order valence-electron chi connectivity index (χ1n) is 11.8. The molecular formula is C28H27NO11. The summed E-state index contributed by atoms with van der Waals surface area (Å²) in [5.74, 6) is -5.40. The molecule has 0 aromatic heterocycles. The number of methoxy groups -OCH3 is 1. The molecule has 0 heterocycles. The molecule has 0 bridgehead atoms. The van der Waals surface area contributed by atoms with Crippen LogP contribution in [-0.2, 0) is 4.79 Å². The van der Waals surface area contributed by atoms with Crippen molar-refractivity contribution in [3.63, 3.8) is 0 Å². The fraction of sp³-hybridized carbons (Fsp3) is 0.214. The maximum atomic E-state index is 12.9. The lowest BCUT2D eigenvalue weighted by Gasteiger charge is -2.15. The number of carboxylic acid groups (broad SMARTS) is 1. The highest BCUT2D eigenvalue weighted by atomic mass is 16.5. The largest absolute Gasteiger partial charge is 0.507 e. The lowest BCUT2D eigenvalue weighted by molar-refractivity contribution is -0.138. The van der Waals surface area contributed by atoms with Crippen LogP contribution in [0.4, 0.5) is 0 Å². The van der Waals surface area contributed by atoms with Gasteiger partial charge >= 0.3 is 17.9 Å². The van der Waals surface area contributed by atoms with Crippen LogP contribution >= 0.6 is 0 Å². The number of rotatable bonds is 8. The first-order valence-corrected chi connectivity index (χ1v) is 11.8. The maximum absolute atomic E-state index is 12.9. The van der Waals surface area contributed by atoms with Crippen LogP contribution in [0.2, 0.25) is 0 Å². The molecule has 3 aromatic rings. The Hall–Kier alpha value is -5.26. The molecule has 0 unspecified atom stereocenters. The molecule has 1 atom stereocenters. The van der Waals surface area contributed by atoms with Gasteiger partial charge < -0.3 is 40.0 Å². The van der Waals surface area contributed by atoms with E-state index in [1.54, 1.807) is 6.92 Å². The van der Waals surface area contributed by atoms with Gasteiger partial charge in [-0.05, 0) is 62.6 Å². The molecule has 0 spiro atoms. The zero-order valence-electron chi connectivity index (χ0n) is 22.2. The number of esters is 2. The van der Waals surface area contributed by atoms with Crippen molar-refractivity contribution in [3.05, 3.63) is 69.8 Å². The number of carbonyl (C=O) groups is 4. The monoisotopic (exact) mass is 553 g/mol. The van der Waals surface area contributed by atoms with E-state index in [1.165, 1.54) is 52.1 Å². The van der Waals surface area contributed by atoms with Gasteiger partial charge in [-0.3, -0.25) is 9.59 Å². The maximum Gasteiger partial charge on any atom is 0.347 e. The van der Waals surface area contributed by atoms with E-state index in [-0.39, 0.29) is 45.1 Å². The van der Waals surface area contributed by atoms with Crippen LogP contribution in [0.3, 0.4) is 0 Å². The minimum Gasteiger partial charge on any atom is -0.507 e. The van der Waals surface area contributed by atoms with Crippen molar-refractivity contribution in [3.8, 4) is 34.5 Å². The van der Waals surface area contributed by atoms with Gasteiger partial charge in [0.05, 0.1) is 12.7 Å². The van der Waals surface area contributed by atoms with Crippen LogP contribution in [0.25, 0.3) is 0 Å². The van der Waals surface area contributed by atoms with Crippen LogP contribution in [0.5, 0.6) is 34.5 Å². The molecule has 12 nitrogen and oxygen atoms in total. The van der Waals surface area contributed by atoms with Crippen LogP contribution < -0.4 is 19.5 Å². The summed E-state index contributed by atoms with van der Waals surface area (Å²) in [5, 5.41) is 42.3. The molecule has 40 heavy (non-hydrogen) atoms. The quantitative estimate of drug-likeness (QED) is 0.203. The molecule has 3 rings (SSSR count). The minimum absolute atomic E-state index is 0.105. The summed E-state index contributed by atoms with van der Waals surface area (Å²) in [5.41, 5.74) is 0.211.